The first-order valence-electron chi connectivity index (χ1n) is 9.50. The van der Waals surface area contributed by atoms with Gasteiger partial charge in [0.2, 0.25) is 15.9 Å². The van der Waals surface area contributed by atoms with E-state index >= 15 is 0 Å². The summed E-state index contributed by atoms with van der Waals surface area (Å²) < 4.78 is 31.8. The Hall–Kier alpha value is -2.42. The lowest BCUT2D eigenvalue weighted by atomic mass is 9.98. The SMILES string of the molecule is COC(=O)c1ccccc1NC(=O)[C@@H]1CCCN(S(=O)(=O)Cc2ccc(Cl)cc2)C1. The van der Waals surface area contributed by atoms with Crippen LogP contribution in [0.5, 0.6) is 0 Å². The average molecular weight is 451 g/mol. The van der Waals surface area contributed by atoms with Gasteiger partial charge in [-0.05, 0) is 42.7 Å². The van der Waals surface area contributed by atoms with E-state index < -0.39 is 21.9 Å². The summed E-state index contributed by atoms with van der Waals surface area (Å²) in [5.41, 5.74) is 1.23. The Bertz CT molecular complexity index is 1020. The second-order valence-corrected chi connectivity index (χ2v) is 9.51. The minimum atomic E-state index is -3.58. The van der Waals surface area contributed by atoms with Crippen molar-refractivity contribution in [3.63, 3.8) is 0 Å². The lowest BCUT2D eigenvalue weighted by Gasteiger charge is -2.31. The molecule has 3 rings (SSSR count). The quantitative estimate of drug-likeness (QED) is 0.681. The second-order valence-electron chi connectivity index (χ2n) is 7.11. The van der Waals surface area contributed by atoms with E-state index in [-0.39, 0.29) is 23.8 Å². The van der Waals surface area contributed by atoms with Crippen LogP contribution in [-0.4, -0.2) is 44.8 Å². The number of ether oxygens (including phenoxy) is 1. The van der Waals surface area contributed by atoms with Gasteiger partial charge in [0.1, 0.15) is 0 Å². The number of nitrogens with one attached hydrogen (secondary N) is 1. The number of benzene rings is 2. The molecule has 1 saturated heterocycles. The summed E-state index contributed by atoms with van der Waals surface area (Å²) in [5.74, 6) is -1.53. The lowest BCUT2D eigenvalue weighted by Crippen LogP contribution is -2.44. The summed E-state index contributed by atoms with van der Waals surface area (Å²) >= 11 is 5.86. The first-order chi connectivity index (χ1) is 14.3. The number of rotatable bonds is 6. The molecule has 9 heteroatoms. The van der Waals surface area contributed by atoms with Crippen molar-refractivity contribution in [1.29, 1.82) is 0 Å². The fourth-order valence-electron chi connectivity index (χ4n) is 3.41. The Morgan fingerprint density at radius 3 is 2.57 bits per heavy atom. The molecular formula is C21H23ClN2O5S. The molecule has 1 atom stereocenters. The van der Waals surface area contributed by atoms with Crippen molar-refractivity contribution in [3.8, 4) is 0 Å². The molecule has 0 spiro atoms. The van der Waals surface area contributed by atoms with Crippen molar-refractivity contribution in [2.24, 2.45) is 5.92 Å². The predicted octanol–water partition coefficient (Wildman–Crippen LogP) is 3.31. The molecule has 7 nitrogen and oxygen atoms in total. The summed E-state index contributed by atoms with van der Waals surface area (Å²) in [6.45, 7) is 0.473. The Balaban J connectivity index is 1.69. The summed E-state index contributed by atoms with van der Waals surface area (Å²) in [5, 5.41) is 3.29. The molecule has 0 bridgehead atoms. The molecular weight excluding hydrogens is 428 g/mol. The molecule has 0 unspecified atom stereocenters. The molecule has 1 aliphatic rings. The van der Waals surface area contributed by atoms with E-state index in [0.717, 1.165) is 0 Å². The summed E-state index contributed by atoms with van der Waals surface area (Å²) in [7, 11) is -2.31. The number of nitrogens with zero attached hydrogens (tertiary/aromatic N) is 1. The zero-order valence-electron chi connectivity index (χ0n) is 16.5. The van der Waals surface area contributed by atoms with E-state index in [1.165, 1.54) is 11.4 Å². The van der Waals surface area contributed by atoms with Crippen molar-refractivity contribution in [2.75, 3.05) is 25.5 Å². The van der Waals surface area contributed by atoms with Crippen LogP contribution < -0.4 is 5.32 Å². The lowest BCUT2D eigenvalue weighted by molar-refractivity contribution is -0.120. The number of piperidine rings is 1. The van der Waals surface area contributed by atoms with E-state index in [1.54, 1.807) is 48.5 Å². The number of sulfonamides is 1. The third kappa shape index (κ3) is 5.38. The van der Waals surface area contributed by atoms with Crippen molar-refractivity contribution in [2.45, 2.75) is 18.6 Å². The van der Waals surface area contributed by atoms with E-state index in [4.69, 9.17) is 16.3 Å². The third-order valence-corrected chi connectivity index (χ3v) is 7.07. The summed E-state index contributed by atoms with van der Waals surface area (Å²) in [6.07, 6.45) is 1.15. The highest BCUT2D eigenvalue weighted by molar-refractivity contribution is 7.88. The number of amides is 1. The molecule has 0 aromatic heterocycles. The smallest absolute Gasteiger partial charge is 0.339 e. The standard InChI is InChI=1S/C21H23ClN2O5S/c1-29-21(26)18-6-2-3-7-19(18)23-20(25)16-5-4-12-24(13-16)30(27,28)14-15-8-10-17(22)11-9-15/h2-3,6-11,16H,4-5,12-14H2,1H3,(H,23,25)/t16-/m1/s1. The second kappa shape index (κ2) is 9.59. The van der Waals surface area contributed by atoms with Gasteiger partial charge < -0.3 is 10.1 Å². The molecule has 2 aromatic carbocycles. The normalized spacial score (nSPS) is 17.3. The zero-order chi connectivity index (χ0) is 21.7. The van der Waals surface area contributed by atoms with Gasteiger partial charge >= 0.3 is 5.97 Å². The molecule has 160 valence electrons. The summed E-state index contributed by atoms with van der Waals surface area (Å²) in [6, 6.07) is 13.2. The first kappa shape index (κ1) is 22.3. The highest BCUT2D eigenvalue weighted by Crippen LogP contribution is 2.24. The van der Waals surface area contributed by atoms with Crippen molar-refractivity contribution < 1.29 is 22.7 Å². The Kier molecular flexibility index (Phi) is 7.12. The van der Waals surface area contributed by atoms with Gasteiger partial charge in [-0.2, -0.15) is 0 Å². The van der Waals surface area contributed by atoms with Crippen LogP contribution in [0.2, 0.25) is 5.02 Å². The van der Waals surface area contributed by atoms with Crippen LogP contribution in [0.15, 0.2) is 48.5 Å². The Labute approximate surface area is 181 Å². The van der Waals surface area contributed by atoms with Gasteiger partial charge in [-0.3, -0.25) is 4.79 Å². The number of methoxy groups -OCH3 is 1. The van der Waals surface area contributed by atoms with Gasteiger partial charge in [0.25, 0.3) is 0 Å². The van der Waals surface area contributed by atoms with Gasteiger partial charge in [0.15, 0.2) is 0 Å². The molecule has 2 aromatic rings. The van der Waals surface area contributed by atoms with Crippen molar-refractivity contribution in [3.05, 3.63) is 64.7 Å². The number of carbonyl (C=O) groups excluding carboxylic acids is 2. The number of hydrogen-bond acceptors (Lipinski definition) is 5. The number of esters is 1. The zero-order valence-corrected chi connectivity index (χ0v) is 18.1. The molecule has 1 aliphatic heterocycles. The molecule has 30 heavy (non-hydrogen) atoms. The van der Waals surface area contributed by atoms with Crippen LogP contribution in [0.1, 0.15) is 28.8 Å². The van der Waals surface area contributed by atoms with Crippen molar-refractivity contribution >= 4 is 39.2 Å². The molecule has 0 aliphatic carbocycles. The number of halogens is 1. The third-order valence-electron chi connectivity index (χ3n) is 5.00. The molecule has 1 fully saturated rings. The first-order valence-corrected chi connectivity index (χ1v) is 11.5. The van der Waals surface area contributed by atoms with Crippen LogP contribution >= 0.6 is 11.6 Å². The van der Waals surface area contributed by atoms with Crippen LogP contribution in [-0.2, 0) is 25.3 Å². The van der Waals surface area contributed by atoms with Crippen LogP contribution in [0.4, 0.5) is 5.69 Å². The van der Waals surface area contributed by atoms with E-state index in [9.17, 15) is 18.0 Å². The maximum absolute atomic E-state index is 12.8. The van der Waals surface area contributed by atoms with E-state index in [0.29, 0.717) is 35.7 Å². The van der Waals surface area contributed by atoms with E-state index in [1.807, 2.05) is 0 Å². The van der Waals surface area contributed by atoms with Crippen molar-refractivity contribution in [1.82, 2.24) is 4.31 Å². The Morgan fingerprint density at radius 2 is 1.87 bits per heavy atom. The topological polar surface area (TPSA) is 92.8 Å². The minimum absolute atomic E-state index is 0.0994. The number of para-hydroxylation sites is 1. The van der Waals surface area contributed by atoms with Crippen LogP contribution in [0, 0.1) is 5.92 Å². The number of hydrogen-bond donors (Lipinski definition) is 1. The van der Waals surface area contributed by atoms with Gasteiger partial charge in [0, 0.05) is 18.1 Å². The molecule has 0 radical (unpaired) electrons. The predicted molar refractivity (Wildman–Crippen MR) is 115 cm³/mol. The molecule has 1 N–H and O–H groups in total. The number of carbonyl (C=O) groups is 2. The maximum atomic E-state index is 12.8. The Morgan fingerprint density at radius 1 is 1.17 bits per heavy atom. The molecule has 1 amide bonds. The van der Waals surface area contributed by atoms with Gasteiger partial charge in [-0.1, -0.05) is 35.9 Å². The molecule has 1 heterocycles. The van der Waals surface area contributed by atoms with Crippen LogP contribution in [0.3, 0.4) is 0 Å². The van der Waals surface area contributed by atoms with Gasteiger partial charge in [0.05, 0.1) is 30.0 Å². The molecule has 0 saturated carbocycles. The minimum Gasteiger partial charge on any atom is -0.465 e. The highest BCUT2D eigenvalue weighted by atomic mass is 35.5. The van der Waals surface area contributed by atoms with Gasteiger partial charge in [-0.15, -0.1) is 0 Å². The maximum Gasteiger partial charge on any atom is 0.339 e. The van der Waals surface area contributed by atoms with E-state index in [2.05, 4.69) is 5.32 Å². The summed E-state index contributed by atoms with van der Waals surface area (Å²) in [4.78, 5) is 24.7. The number of anilines is 1. The largest absolute Gasteiger partial charge is 0.465 e. The fraction of sp³-hybridized carbons (Fsp3) is 0.333. The average Bonchev–Trinajstić information content (AvgIpc) is 2.75. The van der Waals surface area contributed by atoms with Crippen LogP contribution in [0.25, 0.3) is 0 Å². The fourth-order valence-corrected chi connectivity index (χ4v) is 5.14. The monoisotopic (exact) mass is 450 g/mol. The van der Waals surface area contributed by atoms with Gasteiger partial charge in [-0.25, -0.2) is 17.5 Å². The highest BCUT2D eigenvalue weighted by Gasteiger charge is 2.32.